The van der Waals surface area contributed by atoms with Gasteiger partial charge >= 0.3 is 0 Å². The van der Waals surface area contributed by atoms with E-state index in [0.717, 1.165) is 37.4 Å². The van der Waals surface area contributed by atoms with Gasteiger partial charge in [0.05, 0.1) is 7.11 Å². The average molecular weight is 298 g/mol. The molecule has 1 aromatic carbocycles. The zero-order valence-electron chi connectivity index (χ0n) is 12.5. The van der Waals surface area contributed by atoms with Crippen LogP contribution in [0.4, 0.5) is 11.6 Å². The summed E-state index contributed by atoms with van der Waals surface area (Å²) in [6.07, 6.45) is 3.72. The van der Waals surface area contributed by atoms with E-state index in [9.17, 15) is 4.79 Å². The van der Waals surface area contributed by atoms with Crippen molar-refractivity contribution in [3.05, 3.63) is 42.2 Å². The van der Waals surface area contributed by atoms with Gasteiger partial charge in [0.2, 0.25) is 5.95 Å². The van der Waals surface area contributed by atoms with E-state index >= 15 is 0 Å². The van der Waals surface area contributed by atoms with Gasteiger partial charge in [-0.3, -0.25) is 4.79 Å². The summed E-state index contributed by atoms with van der Waals surface area (Å²) >= 11 is 0. The van der Waals surface area contributed by atoms with Crippen molar-refractivity contribution in [2.45, 2.75) is 12.8 Å². The number of nitrogens with zero attached hydrogens (tertiary/aromatic N) is 3. The van der Waals surface area contributed by atoms with Crippen molar-refractivity contribution >= 4 is 17.5 Å². The first-order chi connectivity index (χ1) is 10.8. The standard InChI is InChI=1S/C16H18N4O2/c1-22-13-6-4-5-12(11-13)18-16-17-8-7-14(19-16)15(21)20-9-2-3-10-20/h4-8,11H,2-3,9-10H2,1H3,(H,17,18,19). The van der Waals surface area contributed by atoms with Crippen molar-refractivity contribution in [2.24, 2.45) is 0 Å². The summed E-state index contributed by atoms with van der Waals surface area (Å²) in [5, 5.41) is 3.09. The number of aromatic nitrogens is 2. The molecule has 114 valence electrons. The van der Waals surface area contributed by atoms with Gasteiger partial charge in [-0.25, -0.2) is 9.97 Å². The van der Waals surface area contributed by atoms with Crippen LogP contribution in [0, 0.1) is 0 Å². The maximum atomic E-state index is 12.3. The Bertz CT molecular complexity index is 669. The number of nitrogens with one attached hydrogen (secondary N) is 1. The number of rotatable bonds is 4. The van der Waals surface area contributed by atoms with Crippen LogP contribution >= 0.6 is 0 Å². The number of carbonyl (C=O) groups is 1. The number of hydrogen-bond acceptors (Lipinski definition) is 5. The molecular formula is C16H18N4O2. The fraction of sp³-hybridized carbons (Fsp3) is 0.312. The van der Waals surface area contributed by atoms with Crippen molar-refractivity contribution in [3.8, 4) is 5.75 Å². The summed E-state index contributed by atoms with van der Waals surface area (Å²) in [5.74, 6) is 1.11. The van der Waals surface area contributed by atoms with E-state index in [0.29, 0.717) is 11.6 Å². The molecule has 1 saturated heterocycles. The Morgan fingerprint density at radius 3 is 2.86 bits per heavy atom. The zero-order valence-corrected chi connectivity index (χ0v) is 12.5. The third-order valence-electron chi connectivity index (χ3n) is 3.59. The lowest BCUT2D eigenvalue weighted by molar-refractivity contribution is 0.0787. The molecule has 6 heteroatoms. The third kappa shape index (κ3) is 3.16. The number of methoxy groups -OCH3 is 1. The molecule has 1 fully saturated rings. The van der Waals surface area contributed by atoms with Crippen molar-refractivity contribution < 1.29 is 9.53 Å². The van der Waals surface area contributed by atoms with E-state index in [4.69, 9.17) is 4.74 Å². The van der Waals surface area contributed by atoms with Crippen LogP contribution in [0.3, 0.4) is 0 Å². The second kappa shape index (κ2) is 6.43. The van der Waals surface area contributed by atoms with Crippen LogP contribution < -0.4 is 10.1 Å². The first-order valence-electron chi connectivity index (χ1n) is 7.29. The summed E-state index contributed by atoms with van der Waals surface area (Å²) in [7, 11) is 1.62. The van der Waals surface area contributed by atoms with Gasteiger partial charge in [0.25, 0.3) is 5.91 Å². The SMILES string of the molecule is COc1cccc(Nc2nccc(C(=O)N3CCCC3)n2)c1. The summed E-state index contributed by atoms with van der Waals surface area (Å²) in [6.45, 7) is 1.61. The lowest BCUT2D eigenvalue weighted by atomic mass is 10.3. The fourth-order valence-corrected chi connectivity index (χ4v) is 2.45. The first-order valence-corrected chi connectivity index (χ1v) is 7.29. The van der Waals surface area contributed by atoms with E-state index in [1.165, 1.54) is 0 Å². The lowest BCUT2D eigenvalue weighted by Crippen LogP contribution is -2.28. The van der Waals surface area contributed by atoms with Crippen molar-refractivity contribution in [1.29, 1.82) is 0 Å². The quantitative estimate of drug-likeness (QED) is 0.939. The Morgan fingerprint density at radius 1 is 1.27 bits per heavy atom. The fourth-order valence-electron chi connectivity index (χ4n) is 2.45. The summed E-state index contributed by atoms with van der Waals surface area (Å²) < 4.78 is 5.18. The van der Waals surface area contributed by atoms with Gasteiger partial charge in [0.1, 0.15) is 11.4 Å². The van der Waals surface area contributed by atoms with Gasteiger partial charge in [-0.05, 0) is 31.0 Å². The number of anilines is 2. The maximum Gasteiger partial charge on any atom is 0.272 e. The van der Waals surface area contributed by atoms with E-state index in [-0.39, 0.29) is 5.91 Å². The zero-order chi connectivity index (χ0) is 15.4. The van der Waals surface area contributed by atoms with Gasteiger partial charge in [-0.1, -0.05) is 6.07 Å². The minimum atomic E-state index is -0.0337. The summed E-state index contributed by atoms with van der Waals surface area (Å²) in [5.41, 5.74) is 1.23. The molecule has 3 rings (SSSR count). The van der Waals surface area contributed by atoms with Crippen LogP contribution in [-0.4, -0.2) is 41.0 Å². The van der Waals surface area contributed by atoms with Crippen LogP contribution in [0.5, 0.6) is 5.75 Å². The van der Waals surface area contributed by atoms with E-state index in [1.807, 2.05) is 29.2 Å². The number of ether oxygens (including phenoxy) is 1. The molecule has 22 heavy (non-hydrogen) atoms. The molecule has 0 unspecified atom stereocenters. The van der Waals surface area contributed by atoms with Gasteiger partial charge in [0.15, 0.2) is 0 Å². The predicted octanol–water partition coefficient (Wildman–Crippen LogP) is 2.46. The number of carbonyl (C=O) groups excluding carboxylic acids is 1. The number of amides is 1. The van der Waals surface area contributed by atoms with Gasteiger partial charge < -0.3 is 15.0 Å². The molecule has 0 spiro atoms. The smallest absolute Gasteiger partial charge is 0.272 e. The van der Waals surface area contributed by atoms with Gasteiger partial charge in [-0.2, -0.15) is 0 Å². The molecule has 0 aliphatic carbocycles. The highest BCUT2D eigenvalue weighted by Gasteiger charge is 2.20. The van der Waals surface area contributed by atoms with E-state index in [2.05, 4.69) is 15.3 Å². The van der Waals surface area contributed by atoms with Crippen molar-refractivity contribution in [3.63, 3.8) is 0 Å². The minimum absolute atomic E-state index is 0.0337. The molecule has 1 amide bonds. The highest BCUT2D eigenvalue weighted by atomic mass is 16.5. The van der Waals surface area contributed by atoms with E-state index in [1.54, 1.807) is 19.4 Å². The monoisotopic (exact) mass is 298 g/mol. The van der Waals surface area contributed by atoms with Crippen LogP contribution in [0.2, 0.25) is 0 Å². The molecule has 1 N–H and O–H groups in total. The van der Waals surface area contributed by atoms with Gasteiger partial charge in [-0.15, -0.1) is 0 Å². The largest absolute Gasteiger partial charge is 0.497 e. The first kappa shape index (κ1) is 14.3. The molecule has 0 bridgehead atoms. The second-order valence-corrected chi connectivity index (χ2v) is 5.12. The second-order valence-electron chi connectivity index (χ2n) is 5.12. The van der Waals surface area contributed by atoms with Crippen LogP contribution in [0.15, 0.2) is 36.5 Å². The molecule has 0 atom stereocenters. The minimum Gasteiger partial charge on any atom is -0.497 e. The molecular weight excluding hydrogens is 280 g/mol. The Labute approximate surface area is 129 Å². The predicted molar refractivity (Wildman–Crippen MR) is 83.4 cm³/mol. The molecule has 1 aliphatic heterocycles. The number of hydrogen-bond donors (Lipinski definition) is 1. The Morgan fingerprint density at radius 2 is 2.09 bits per heavy atom. The Balaban J connectivity index is 1.77. The van der Waals surface area contributed by atoms with Crippen LogP contribution in [-0.2, 0) is 0 Å². The summed E-state index contributed by atoms with van der Waals surface area (Å²) in [6, 6.07) is 9.12. The molecule has 6 nitrogen and oxygen atoms in total. The third-order valence-corrected chi connectivity index (χ3v) is 3.59. The maximum absolute atomic E-state index is 12.3. The molecule has 1 aliphatic rings. The number of likely N-dealkylation sites (tertiary alicyclic amines) is 1. The van der Waals surface area contributed by atoms with Crippen molar-refractivity contribution in [2.75, 3.05) is 25.5 Å². The van der Waals surface area contributed by atoms with Gasteiger partial charge in [0, 0.05) is 31.0 Å². The summed E-state index contributed by atoms with van der Waals surface area (Å²) in [4.78, 5) is 22.7. The Kier molecular flexibility index (Phi) is 4.18. The van der Waals surface area contributed by atoms with E-state index < -0.39 is 0 Å². The highest BCUT2D eigenvalue weighted by molar-refractivity contribution is 5.92. The molecule has 0 radical (unpaired) electrons. The number of benzene rings is 1. The molecule has 0 saturated carbocycles. The van der Waals surface area contributed by atoms with Crippen molar-refractivity contribution in [1.82, 2.24) is 14.9 Å². The average Bonchev–Trinajstić information content (AvgIpc) is 3.09. The Hall–Kier alpha value is -2.63. The van der Waals surface area contributed by atoms with Crippen LogP contribution in [0.1, 0.15) is 23.3 Å². The lowest BCUT2D eigenvalue weighted by Gasteiger charge is -2.14. The topological polar surface area (TPSA) is 67.3 Å². The van der Waals surface area contributed by atoms with Crippen LogP contribution in [0.25, 0.3) is 0 Å². The molecule has 1 aromatic heterocycles. The molecule has 2 aromatic rings. The normalized spacial score (nSPS) is 14.0. The highest BCUT2D eigenvalue weighted by Crippen LogP contribution is 2.19. The molecule has 2 heterocycles.